The summed E-state index contributed by atoms with van der Waals surface area (Å²) in [6, 6.07) is 4.79. The summed E-state index contributed by atoms with van der Waals surface area (Å²) in [4.78, 5) is 14.9. The van der Waals surface area contributed by atoms with Crippen molar-refractivity contribution in [3.8, 4) is 10.6 Å². The van der Waals surface area contributed by atoms with Crippen molar-refractivity contribution in [3.63, 3.8) is 0 Å². The molecule has 0 fully saturated rings. The third-order valence-electron chi connectivity index (χ3n) is 3.03. The number of carbonyl (C=O) groups is 1. The lowest BCUT2D eigenvalue weighted by atomic mass is 10.3. The zero-order chi connectivity index (χ0) is 16.9. The Morgan fingerprint density at radius 1 is 1.41 bits per heavy atom. The van der Waals surface area contributed by atoms with E-state index in [0.717, 1.165) is 0 Å². The van der Waals surface area contributed by atoms with E-state index < -0.39 is 6.43 Å². The molecule has 0 saturated carbocycles. The lowest BCUT2D eigenvalue weighted by molar-refractivity contribution is 0.0807. The number of alkyl halides is 3. The first-order valence-corrected chi connectivity index (χ1v) is 7.31. The van der Waals surface area contributed by atoms with Crippen molar-refractivity contribution >= 4 is 17.2 Å². The Labute approximate surface area is 131 Å². The van der Waals surface area contributed by atoms with E-state index in [2.05, 4.69) is 5.10 Å². The number of thiophene rings is 1. The highest BCUT2D eigenvalue weighted by Crippen LogP contribution is 2.30. The maximum absolute atomic E-state index is 12.7. The first kappa shape index (κ1) is 18.2. The predicted octanol–water partition coefficient (Wildman–Crippen LogP) is 3.76. The molecule has 0 saturated heterocycles. The van der Waals surface area contributed by atoms with Gasteiger partial charge in [-0.15, -0.1) is 11.3 Å². The number of hydrogen-bond acceptors (Lipinski definition) is 3. The molecule has 0 aromatic carbocycles. The van der Waals surface area contributed by atoms with Crippen molar-refractivity contribution < 1.29 is 18.0 Å². The number of amides is 1. The second kappa shape index (κ2) is 7.98. The number of hydrogen-bond donors (Lipinski definition) is 0. The van der Waals surface area contributed by atoms with Crippen molar-refractivity contribution in [2.24, 2.45) is 7.05 Å². The van der Waals surface area contributed by atoms with Gasteiger partial charge < -0.3 is 4.90 Å². The molecule has 122 valence electrons. The van der Waals surface area contributed by atoms with Gasteiger partial charge in [-0.1, -0.05) is 0 Å². The number of aryl methyl sites for hydroxylation is 1. The van der Waals surface area contributed by atoms with Crippen LogP contribution in [-0.4, -0.2) is 41.4 Å². The summed E-state index contributed by atoms with van der Waals surface area (Å²) in [5.74, 6) is -0.0752. The largest absolute Gasteiger partial charge is 0.341 e. The third-order valence-corrected chi connectivity index (χ3v) is 4.13. The minimum atomic E-state index is -2.56. The van der Waals surface area contributed by atoms with Crippen molar-refractivity contribution in [3.05, 3.63) is 28.8 Å². The minimum absolute atomic E-state index is 0.0752. The van der Waals surface area contributed by atoms with Crippen LogP contribution in [0.15, 0.2) is 18.2 Å². The van der Waals surface area contributed by atoms with E-state index in [-0.39, 0.29) is 11.6 Å². The normalized spacial score (nSPS) is 10.4. The molecule has 2 heterocycles. The Kier molecular flexibility index (Phi) is 6.61. The first-order chi connectivity index (χ1) is 10.4. The molecule has 2 rings (SSSR count). The molecular weight excluding hydrogens is 315 g/mol. The lowest BCUT2D eigenvalue weighted by Crippen LogP contribution is -2.25. The number of aromatic nitrogens is 2. The number of carbonyl (C=O) groups excluding carboxylic acids is 1. The van der Waals surface area contributed by atoms with Crippen molar-refractivity contribution in [2.75, 3.05) is 20.8 Å². The molecule has 0 radical (unpaired) electrons. The Balaban J connectivity index is 0.00000116. The van der Waals surface area contributed by atoms with Gasteiger partial charge in [0.2, 0.25) is 0 Å². The molecule has 0 aliphatic carbocycles. The van der Waals surface area contributed by atoms with Gasteiger partial charge in [0, 0.05) is 20.6 Å². The Hall–Kier alpha value is -1.83. The molecule has 0 bridgehead atoms. The molecule has 0 spiro atoms. The molecule has 4 nitrogen and oxygen atoms in total. The molecule has 1 amide bonds. The Morgan fingerprint density at radius 3 is 2.55 bits per heavy atom. The van der Waals surface area contributed by atoms with Crippen LogP contribution in [0.2, 0.25) is 0 Å². The highest BCUT2D eigenvalue weighted by Gasteiger charge is 2.18. The number of nitrogens with zero attached hydrogens (tertiary/aromatic N) is 3. The van der Waals surface area contributed by atoms with E-state index in [0.29, 0.717) is 29.2 Å². The standard InChI is InChI=1S/C13H15F2N3OS.CH3F/c1-4-17(2)13(19)11-6-5-10(20-11)8-7-9(12(14)15)18(3)16-8;1-2/h5-7,12H,4H2,1-3H3;1H3. The highest BCUT2D eigenvalue weighted by atomic mass is 32.1. The second-order valence-corrected chi connectivity index (χ2v) is 5.45. The molecule has 22 heavy (non-hydrogen) atoms. The van der Waals surface area contributed by atoms with Crippen molar-refractivity contribution in [1.29, 1.82) is 0 Å². The fraction of sp³-hybridized carbons (Fsp3) is 0.429. The SMILES string of the molecule is CCN(C)C(=O)c1ccc(-c2cc(C(F)F)n(C)n2)s1.CF. The topological polar surface area (TPSA) is 38.1 Å². The van der Waals surface area contributed by atoms with E-state index in [1.54, 1.807) is 24.1 Å². The van der Waals surface area contributed by atoms with Gasteiger partial charge in [-0.05, 0) is 25.1 Å². The molecule has 8 heteroatoms. The maximum atomic E-state index is 12.7. The predicted molar refractivity (Wildman–Crippen MR) is 81.1 cm³/mol. The summed E-state index contributed by atoms with van der Waals surface area (Å²) in [7, 11) is 3.70. The third kappa shape index (κ3) is 3.88. The molecule has 0 aliphatic rings. The van der Waals surface area contributed by atoms with E-state index in [1.165, 1.54) is 29.1 Å². The van der Waals surface area contributed by atoms with Gasteiger partial charge in [0.1, 0.15) is 11.4 Å². The average molecular weight is 333 g/mol. The minimum Gasteiger partial charge on any atom is -0.341 e. The molecule has 2 aromatic rings. The fourth-order valence-electron chi connectivity index (χ4n) is 1.73. The monoisotopic (exact) mass is 333 g/mol. The van der Waals surface area contributed by atoms with Gasteiger partial charge in [-0.3, -0.25) is 13.9 Å². The molecule has 0 unspecified atom stereocenters. The van der Waals surface area contributed by atoms with Gasteiger partial charge >= 0.3 is 0 Å². The van der Waals surface area contributed by atoms with Crippen LogP contribution in [0.4, 0.5) is 13.2 Å². The molecule has 0 aliphatic heterocycles. The lowest BCUT2D eigenvalue weighted by Gasteiger charge is -2.12. The smallest absolute Gasteiger partial charge is 0.280 e. The van der Waals surface area contributed by atoms with Gasteiger partial charge in [-0.2, -0.15) is 5.10 Å². The zero-order valence-electron chi connectivity index (χ0n) is 12.8. The summed E-state index contributed by atoms with van der Waals surface area (Å²) >= 11 is 1.26. The van der Waals surface area contributed by atoms with Crippen LogP contribution in [0.3, 0.4) is 0 Å². The number of halogens is 3. The molecular formula is C14H18F3N3OS. The van der Waals surface area contributed by atoms with E-state index in [9.17, 15) is 18.0 Å². The number of rotatable bonds is 4. The van der Waals surface area contributed by atoms with E-state index in [1.807, 2.05) is 6.92 Å². The maximum Gasteiger partial charge on any atom is 0.280 e. The first-order valence-electron chi connectivity index (χ1n) is 6.49. The van der Waals surface area contributed by atoms with Crippen LogP contribution in [0, 0.1) is 0 Å². The summed E-state index contributed by atoms with van der Waals surface area (Å²) in [5, 5.41) is 4.06. The summed E-state index contributed by atoms with van der Waals surface area (Å²) in [5.41, 5.74) is 0.331. The van der Waals surface area contributed by atoms with E-state index >= 15 is 0 Å². The van der Waals surface area contributed by atoms with Gasteiger partial charge in [0.05, 0.1) is 16.9 Å². The van der Waals surface area contributed by atoms with E-state index in [4.69, 9.17) is 0 Å². The van der Waals surface area contributed by atoms with Crippen LogP contribution >= 0.6 is 11.3 Å². The van der Waals surface area contributed by atoms with Gasteiger partial charge in [0.25, 0.3) is 12.3 Å². The van der Waals surface area contributed by atoms with Crippen molar-refractivity contribution in [1.82, 2.24) is 14.7 Å². The van der Waals surface area contributed by atoms with Crippen molar-refractivity contribution in [2.45, 2.75) is 13.3 Å². The summed E-state index contributed by atoms with van der Waals surface area (Å²) in [6.07, 6.45) is -2.56. The van der Waals surface area contributed by atoms with Crippen LogP contribution < -0.4 is 0 Å². The van der Waals surface area contributed by atoms with Gasteiger partial charge in [0.15, 0.2) is 0 Å². The summed E-state index contributed by atoms with van der Waals surface area (Å²) < 4.78 is 36.1. The van der Waals surface area contributed by atoms with Crippen LogP contribution in [0.25, 0.3) is 10.6 Å². The molecule has 0 atom stereocenters. The van der Waals surface area contributed by atoms with Gasteiger partial charge in [-0.25, -0.2) is 8.78 Å². The fourth-order valence-corrected chi connectivity index (χ4v) is 2.69. The quantitative estimate of drug-likeness (QED) is 0.854. The molecule has 0 N–H and O–H groups in total. The highest BCUT2D eigenvalue weighted by molar-refractivity contribution is 7.17. The Morgan fingerprint density at radius 2 is 2.05 bits per heavy atom. The van der Waals surface area contributed by atoms with Crippen LogP contribution in [0.5, 0.6) is 0 Å². The second-order valence-electron chi connectivity index (χ2n) is 4.36. The summed E-state index contributed by atoms with van der Waals surface area (Å²) in [6.45, 7) is 2.51. The molecule has 2 aromatic heterocycles. The van der Waals surface area contributed by atoms with Crippen LogP contribution in [0.1, 0.15) is 28.7 Å². The van der Waals surface area contributed by atoms with Crippen LogP contribution in [-0.2, 0) is 7.05 Å². The Bertz CT molecular complexity index is 625. The zero-order valence-corrected chi connectivity index (χ0v) is 13.6. The average Bonchev–Trinajstić information content (AvgIpc) is 3.14.